The zero-order valence-electron chi connectivity index (χ0n) is 18.1. The molecule has 0 aliphatic heterocycles. The normalized spacial score (nSPS) is 11.3. The molecule has 0 saturated carbocycles. The number of urea groups is 1. The van der Waals surface area contributed by atoms with Gasteiger partial charge in [-0.1, -0.05) is 42.1 Å². The van der Waals surface area contributed by atoms with Gasteiger partial charge in [0.05, 0.1) is 11.0 Å². The Bertz CT molecular complexity index is 1030. The van der Waals surface area contributed by atoms with E-state index in [0.29, 0.717) is 6.54 Å². The topological polar surface area (TPSA) is 85.2 Å². The van der Waals surface area contributed by atoms with Crippen LogP contribution in [0.1, 0.15) is 27.2 Å². The number of ether oxygens (including phenoxy) is 1. The molecule has 164 valence electrons. The number of rotatable bonds is 8. The number of benzene rings is 2. The predicted octanol–water partition coefficient (Wildman–Crippen LogP) is 4.68. The van der Waals surface area contributed by atoms with Crippen LogP contribution in [0.3, 0.4) is 0 Å². The Morgan fingerprint density at radius 3 is 2.52 bits per heavy atom. The molecule has 0 radical (unpaired) electrons. The summed E-state index contributed by atoms with van der Waals surface area (Å²) in [5.74, 6) is 0.459. The number of thioether (sulfide) groups is 1. The van der Waals surface area contributed by atoms with Crippen molar-refractivity contribution in [2.24, 2.45) is 0 Å². The van der Waals surface area contributed by atoms with E-state index in [2.05, 4.69) is 15.6 Å². The Kier molecular flexibility index (Phi) is 7.57. The highest BCUT2D eigenvalue weighted by atomic mass is 32.2. The lowest BCUT2D eigenvalue weighted by Crippen LogP contribution is -2.29. The molecule has 2 amide bonds. The highest BCUT2D eigenvalue weighted by Crippen LogP contribution is 2.25. The molecule has 0 unspecified atom stereocenters. The third-order valence-electron chi connectivity index (χ3n) is 4.20. The number of hydrogen-bond acceptors (Lipinski definition) is 5. The zero-order valence-corrected chi connectivity index (χ0v) is 18.9. The van der Waals surface area contributed by atoms with Crippen molar-refractivity contribution in [3.63, 3.8) is 0 Å². The van der Waals surface area contributed by atoms with Crippen molar-refractivity contribution in [1.29, 1.82) is 0 Å². The smallest absolute Gasteiger partial charge is 0.326 e. The maximum absolute atomic E-state index is 12.4. The molecular formula is C23H28N4O3S. The zero-order chi connectivity index (χ0) is 22.3. The Hall–Kier alpha value is -3.00. The van der Waals surface area contributed by atoms with Crippen molar-refractivity contribution in [3.05, 3.63) is 54.6 Å². The highest BCUT2D eigenvalue weighted by Gasteiger charge is 2.19. The molecule has 0 fully saturated rings. The molecule has 1 aromatic heterocycles. The third kappa shape index (κ3) is 7.03. The van der Waals surface area contributed by atoms with Crippen LogP contribution in [-0.4, -0.2) is 39.5 Å². The van der Waals surface area contributed by atoms with Crippen LogP contribution in [0, 0.1) is 0 Å². The first kappa shape index (κ1) is 22.7. The van der Waals surface area contributed by atoms with E-state index in [1.807, 2.05) is 79.9 Å². The molecule has 0 aliphatic rings. The van der Waals surface area contributed by atoms with Crippen LogP contribution in [0.2, 0.25) is 0 Å². The second kappa shape index (κ2) is 10.3. The van der Waals surface area contributed by atoms with Crippen molar-refractivity contribution < 1.29 is 14.3 Å². The van der Waals surface area contributed by atoms with Crippen LogP contribution in [-0.2, 0) is 16.1 Å². The summed E-state index contributed by atoms with van der Waals surface area (Å²) in [6.45, 7) is 6.21. The number of nitrogens with one attached hydrogen (secondary N) is 2. The first-order valence-corrected chi connectivity index (χ1v) is 11.2. The Morgan fingerprint density at radius 2 is 1.77 bits per heavy atom. The number of aromatic nitrogens is 2. The number of anilines is 1. The molecule has 0 spiro atoms. The molecular weight excluding hydrogens is 412 g/mol. The fourth-order valence-corrected chi connectivity index (χ4v) is 3.91. The monoisotopic (exact) mass is 440 g/mol. The van der Waals surface area contributed by atoms with E-state index in [-0.39, 0.29) is 18.5 Å². The van der Waals surface area contributed by atoms with Gasteiger partial charge in [0, 0.05) is 18.0 Å². The summed E-state index contributed by atoms with van der Waals surface area (Å²) in [5, 5.41) is 6.41. The molecule has 2 aromatic carbocycles. The first-order valence-electron chi connectivity index (χ1n) is 10.2. The van der Waals surface area contributed by atoms with Crippen LogP contribution >= 0.6 is 11.8 Å². The van der Waals surface area contributed by atoms with E-state index in [0.717, 1.165) is 34.1 Å². The number of carbonyl (C=O) groups is 2. The van der Waals surface area contributed by atoms with Crippen molar-refractivity contribution in [1.82, 2.24) is 14.9 Å². The Labute approximate surface area is 186 Å². The fraction of sp³-hybridized carbons (Fsp3) is 0.348. The number of para-hydroxylation sites is 3. The van der Waals surface area contributed by atoms with Crippen LogP contribution < -0.4 is 10.6 Å². The maximum Gasteiger partial charge on any atom is 0.326 e. The quantitative estimate of drug-likeness (QED) is 0.302. The van der Waals surface area contributed by atoms with Gasteiger partial charge in [0.1, 0.15) is 12.1 Å². The highest BCUT2D eigenvalue weighted by molar-refractivity contribution is 7.99. The number of amides is 2. The van der Waals surface area contributed by atoms with Crippen LogP contribution in [0.25, 0.3) is 11.0 Å². The number of nitrogens with zero attached hydrogens (tertiary/aromatic N) is 2. The van der Waals surface area contributed by atoms with Gasteiger partial charge in [-0.3, -0.25) is 4.79 Å². The molecule has 8 heteroatoms. The second-order valence-corrected chi connectivity index (χ2v) is 9.07. The Morgan fingerprint density at radius 1 is 1.06 bits per heavy atom. The van der Waals surface area contributed by atoms with E-state index in [1.165, 1.54) is 0 Å². The van der Waals surface area contributed by atoms with Crippen LogP contribution in [0.4, 0.5) is 10.5 Å². The minimum atomic E-state index is -0.535. The molecule has 31 heavy (non-hydrogen) atoms. The molecule has 2 N–H and O–H groups in total. The maximum atomic E-state index is 12.4. The number of esters is 1. The minimum Gasteiger partial charge on any atom is -0.459 e. The van der Waals surface area contributed by atoms with Gasteiger partial charge in [-0.25, -0.2) is 9.78 Å². The lowest BCUT2D eigenvalue weighted by Gasteiger charge is -2.20. The molecule has 0 aliphatic carbocycles. The van der Waals surface area contributed by atoms with Gasteiger partial charge >= 0.3 is 12.0 Å². The van der Waals surface area contributed by atoms with Gasteiger partial charge in [-0.2, -0.15) is 0 Å². The van der Waals surface area contributed by atoms with Gasteiger partial charge in [0.25, 0.3) is 0 Å². The average Bonchev–Trinajstić information content (AvgIpc) is 3.04. The molecule has 0 saturated heterocycles. The number of imidazole rings is 1. The van der Waals surface area contributed by atoms with Crippen LogP contribution in [0.5, 0.6) is 0 Å². The van der Waals surface area contributed by atoms with Crippen LogP contribution in [0.15, 0.2) is 59.8 Å². The van der Waals surface area contributed by atoms with Crippen molar-refractivity contribution >= 4 is 40.5 Å². The third-order valence-corrected chi connectivity index (χ3v) is 5.26. The van der Waals surface area contributed by atoms with Gasteiger partial charge in [0.2, 0.25) is 0 Å². The Balaban J connectivity index is 1.53. The molecule has 1 heterocycles. The van der Waals surface area contributed by atoms with Gasteiger partial charge in [0.15, 0.2) is 5.16 Å². The van der Waals surface area contributed by atoms with Crippen molar-refractivity contribution in [3.8, 4) is 0 Å². The summed E-state index contributed by atoms with van der Waals surface area (Å²) >= 11 is 1.56. The van der Waals surface area contributed by atoms with E-state index < -0.39 is 5.60 Å². The molecule has 3 aromatic rings. The van der Waals surface area contributed by atoms with E-state index in [1.54, 1.807) is 11.8 Å². The van der Waals surface area contributed by atoms with Crippen molar-refractivity contribution in [2.75, 3.05) is 17.6 Å². The van der Waals surface area contributed by atoms with Gasteiger partial charge in [-0.15, -0.1) is 0 Å². The summed E-state index contributed by atoms with van der Waals surface area (Å²) < 4.78 is 7.37. The summed E-state index contributed by atoms with van der Waals surface area (Å²) in [4.78, 5) is 29.0. The van der Waals surface area contributed by atoms with Gasteiger partial charge < -0.3 is 19.9 Å². The van der Waals surface area contributed by atoms with Gasteiger partial charge in [-0.05, 0) is 51.5 Å². The molecule has 3 rings (SSSR count). The summed E-state index contributed by atoms with van der Waals surface area (Å²) in [5.41, 5.74) is 1.96. The summed E-state index contributed by atoms with van der Waals surface area (Å²) in [7, 11) is 0. The predicted molar refractivity (Wildman–Crippen MR) is 124 cm³/mol. The number of carbonyl (C=O) groups excluding carboxylic acids is 2. The number of fused-ring (bicyclic) bond motifs is 1. The molecule has 0 bridgehead atoms. The molecule has 0 atom stereocenters. The summed E-state index contributed by atoms with van der Waals surface area (Å²) in [6.07, 6.45) is 0.766. The van der Waals surface area contributed by atoms with E-state index in [4.69, 9.17) is 4.74 Å². The fourth-order valence-electron chi connectivity index (χ4n) is 2.95. The lowest BCUT2D eigenvalue weighted by molar-refractivity contribution is -0.155. The summed E-state index contributed by atoms with van der Waals surface area (Å²) in [6, 6.07) is 16.8. The first-order chi connectivity index (χ1) is 14.8. The largest absolute Gasteiger partial charge is 0.459 e. The average molecular weight is 441 g/mol. The number of hydrogen-bond donors (Lipinski definition) is 2. The lowest BCUT2D eigenvalue weighted by atomic mass is 10.2. The standard InChI is InChI=1S/C23H28N4O3S/c1-23(2,3)30-20(28)16-27-19-13-8-7-12-18(19)26-22(27)31-15-9-14-24-21(29)25-17-10-5-4-6-11-17/h4-8,10-13H,9,14-16H2,1-3H3,(H2,24,25,29). The second-order valence-electron chi connectivity index (χ2n) is 8.00. The van der Waals surface area contributed by atoms with E-state index in [9.17, 15) is 9.59 Å². The SMILES string of the molecule is CC(C)(C)OC(=O)Cn1c(SCCCNC(=O)Nc2ccccc2)nc2ccccc21. The molecule has 7 nitrogen and oxygen atoms in total. The van der Waals surface area contributed by atoms with Crippen molar-refractivity contribution in [2.45, 2.75) is 44.5 Å². The minimum absolute atomic E-state index is 0.109. The van der Waals surface area contributed by atoms with E-state index >= 15 is 0 Å².